The van der Waals surface area contributed by atoms with Gasteiger partial charge >= 0.3 is 0 Å². The van der Waals surface area contributed by atoms with Gasteiger partial charge in [-0.1, -0.05) is 19.0 Å². The molecule has 0 atom stereocenters. The van der Waals surface area contributed by atoms with E-state index in [1.165, 1.54) is 6.92 Å². The zero-order chi connectivity index (χ0) is 10.6. The van der Waals surface area contributed by atoms with Crippen LogP contribution in [0.25, 0.3) is 0 Å². The molecule has 14 heavy (non-hydrogen) atoms. The van der Waals surface area contributed by atoms with Gasteiger partial charge in [-0.15, -0.1) is 0 Å². The third-order valence-electron chi connectivity index (χ3n) is 2.28. The smallest absolute Gasteiger partial charge is 0.181 e. The van der Waals surface area contributed by atoms with Crippen LogP contribution < -0.4 is 0 Å². The van der Waals surface area contributed by atoms with Crippen LogP contribution in [-0.4, -0.2) is 10.9 Å². The van der Waals surface area contributed by atoms with E-state index in [0.717, 1.165) is 37.0 Å². The Morgan fingerprint density at radius 3 is 2.57 bits per heavy atom. The average molecular weight is 195 g/mol. The fourth-order valence-corrected chi connectivity index (χ4v) is 1.66. The number of carbonyl (C=O) groups excluding carboxylic acids is 1. The monoisotopic (exact) mass is 195 g/mol. The summed E-state index contributed by atoms with van der Waals surface area (Å²) < 4.78 is 5.08. The maximum Gasteiger partial charge on any atom is 0.181 e. The lowest BCUT2D eigenvalue weighted by molar-refractivity contribution is 0.100. The van der Waals surface area contributed by atoms with Crippen molar-refractivity contribution in [1.82, 2.24) is 5.16 Å². The van der Waals surface area contributed by atoms with Gasteiger partial charge in [-0.3, -0.25) is 4.79 Å². The summed E-state index contributed by atoms with van der Waals surface area (Å²) in [5.74, 6) is 0.938. The number of aryl methyl sites for hydroxylation is 1. The molecule has 1 aliphatic rings. The SMILES string of the molecule is CC.CC(=O)c1noc2c1CCCC2. The van der Waals surface area contributed by atoms with Crippen molar-refractivity contribution in [2.24, 2.45) is 0 Å². The molecule has 0 fully saturated rings. The molecule has 3 nitrogen and oxygen atoms in total. The van der Waals surface area contributed by atoms with Gasteiger partial charge in [0.15, 0.2) is 11.5 Å². The summed E-state index contributed by atoms with van der Waals surface area (Å²) in [6.07, 6.45) is 4.19. The number of aromatic nitrogens is 1. The van der Waals surface area contributed by atoms with E-state index >= 15 is 0 Å². The highest BCUT2D eigenvalue weighted by Crippen LogP contribution is 2.24. The Bertz CT molecular complexity index is 315. The van der Waals surface area contributed by atoms with Gasteiger partial charge in [-0.2, -0.15) is 0 Å². The first-order valence-electron chi connectivity index (χ1n) is 5.27. The summed E-state index contributed by atoms with van der Waals surface area (Å²) in [7, 11) is 0. The molecule has 78 valence electrons. The average Bonchev–Trinajstić information content (AvgIpc) is 2.64. The molecule has 0 aromatic carbocycles. The Morgan fingerprint density at radius 1 is 1.29 bits per heavy atom. The molecule has 1 heterocycles. The third kappa shape index (κ3) is 2.03. The maximum absolute atomic E-state index is 11.1. The summed E-state index contributed by atoms with van der Waals surface area (Å²) in [6.45, 7) is 5.53. The molecule has 0 amide bonds. The van der Waals surface area contributed by atoms with Crippen LogP contribution in [0.3, 0.4) is 0 Å². The number of rotatable bonds is 1. The number of ketones is 1. The minimum absolute atomic E-state index is 0.0156. The maximum atomic E-state index is 11.1. The molecule has 3 heteroatoms. The second-order valence-corrected chi connectivity index (χ2v) is 3.20. The van der Waals surface area contributed by atoms with Crippen molar-refractivity contribution in [3.05, 3.63) is 17.0 Å². The van der Waals surface area contributed by atoms with E-state index < -0.39 is 0 Å². The number of Topliss-reactive ketones (excluding diaryl/α,β-unsaturated/α-hetero) is 1. The summed E-state index contributed by atoms with van der Waals surface area (Å²) in [5, 5.41) is 3.77. The first-order valence-corrected chi connectivity index (χ1v) is 5.27. The molecule has 0 spiro atoms. The highest BCUT2D eigenvalue weighted by molar-refractivity contribution is 5.93. The van der Waals surface area contributed by atoms with Crippen molar-refractivity contribution >= 4 is 5.78 Å². The van der Waals surface area contributed by atoms with Crippen LogP contribution >= 0.6 is 0 Å². The normalized spacial score (nSPS) is 13.9. The minimum Gasteiger partial charge on any atom is -0.360 e. The van der Waals surface area contributed by atoms with Gasteiger partial charge in [-0.25, -0.2) is 0 Å². The highest BCUT2D eigenvalue weighted by Gasteiger charge is 2.21. The van der Waals surface area contributed by atoms with Gasteiger partial charge < -0.3 is 4.52 Å². The molecule has 0 bridgehead atoms. The molecule has 0 N–H and O–H groups in total. The summed E-state index contributed by atoms with van der Waals surface area (Å²) in [4.78, 5) is 11.1. The topological polar surface area (TPSA) is 43.1 Å². The molecular weight excluding hydrogens is 178 g/mol. The van der Waals surface area contributed by atoms with E-state index in [0.29, 0.717) is 5.69 Å². The van der Waals surface area contributed by atoms with E-state index in [4.69, 9.17) is 4.52 Å². The number of hydrogen-bond donors (Lipinski definition) is 0. The molecule has 0 aliphatic heterocycles. The molecule has 1 aromatic heterocycles. The minimum atomic E-state index is 0.0156. The van der Waals surface area contributed by atoms with E-state index in [1.807, 2.05) is 13.8 Å². The first kappa shape index (κ1) is 11.0. The zero-order valence-electron chi connectivity index (χ0n) is 9.09. The zero-order valence-corrected chi connectivity index (χ0v) is 9.09. The van der Waals surface area contributed by atoms with Gasteiger partial charge in [0, 0.05) is 18.9 Å². The number of fused-ring (bicyclic) bond motifs is 1. The second-order valence-electron chi connectivity index (χ2n) is 3.20. The lowest BCUT2D eigenvalue weighted by Gasteiger charge is -2.07. The van der Waals surface area contributed by atoms with Gasteiger partial charge in [0.1, 0.15) is 5.76 Å². The Hall–Kier alpha value is -1.12. The summed E-state index contributed by atoms with van der Waals surface area (Å²) in [5.41, 5.74) is 1.60. The highest BCUT2D eigenvalue weighted by atomic mass is 16.5. The second kappa shape index (κ2) is 4.94. The number of nitrogens with zero attached hydrogens (tertiary/aromatic N) is 1. The largest absolute Gasteiger partial charge is 0.360 e. The van der Waals surface area contributed by atoms with E-state index in [9.17, 15) is 4.79 Å². The van der Waals surface area contributed by atoms with Crippen molar-refractivity contribution in [3.8, 4) is 0 Å². The van der Waals surface area contributed by atoms with Crippen molar-refractivity contribution in [2.75, 3.05) is 0 Å². The van der Waals surface area contributed by atoms with Crippen LogP contribution in [0.15, 0.2) is 4.52 Å². The van der Waals surface area contributed by atoms with Crippen LogP contribution in [0, 0.1) is 0 Å². The van der Waals surface area contributed by atoms with E-state index in [1.54, 1.807) is 0 Å². The van der Waals surface area contributed by atoms with Gasteiger partial charge in [0.05, 0.1) is 0 Å². The van der Waals surface area contributed by atoms with Crippen LogP contribution in [-0.2, 0) is 12.8 Å². The Labute approximate surface area is 84.5 Å². The van der Waals surface area contributed by atoms with Crippen molar-refractivity contribution in [1.29, 1.82) is 0 Å². The van der Waals surface area contributed by atoms with Crippen LogP contribution in [0.4, 0.5) is 0 Å². The van der Waals surface area contributed by atoms with Crippen LogP contribution in [0.2, 0.25) is 0 Å². The standard InChI is InChI=1S/C9H11NO2.C2H6/c1-6(11)9-7-4-2-3-5-8(7)12-10-9;1-2/h2-5H2,1H3;1-2H3. The lowest BCUT2D eigenvalue weighted by atomic mass is 9.96. The molecular formula is C11H17NO2. The van der Waals surface area contributed by atoms with Crippen molar-refractivity contribution in [2.45, 2.75) is 46.5 Å². The van der Waals surface area contributed by atoms with E-state index in [2.05, 4.69) is 5.16 Å². The molecule has 0 unspecified atom stereocenters. The summed E-state index contributed by atoms with van der Waals surface area (Å²) in [6, 6.07) is 0. The molecule has 1 aliphatic carbocycles. The molecule has 0 radical (unpaired) electrons. The molecule has 1 aromatic rings. The Balaban J connectivity index is 0.000000461. The predicted octanol–water partition coefficient (Wildman–Crippen LogP) is 2.78. The predicted molar refractivity (Wildman–Crippen MR) is 54.5 cm³/mol. The first-order chi connectivity index (χ1) is 6.79. The third-order valence-corrected chi connectivity index (χ3v) is 2.28. The quantitative estimate of drug-likeness (QED) is 0.647. The van der Waals surface area contributed by atoms with Gasteiger partial charge in [0.2, 0.25) is 0 Å². The lowest BCUT2D eigenvalue weighted by Crippen LogP contribution is -2.04. The Morgan fingerprint density at radius 2 is 1.93 bits per heavy atom. The van der Waals surface area contributed by atoms with E-state index in [-0.39, 0.29) is 5.78 Å². The fraction of sp³-hybridized carbons (Fsp3) is 0.636. The van der Waals surface area contributed by atoms with Gasteiger partial charge in [0.25, 0.3) is 0 Å². The van der Waals surface area contributed by atoms with Gasteiger partial charge in [-0.05, 0) is 19.3 Å². The summed E-state index contributed by atoms with van der Waals surface area (Å²) >= 11 is 0. The van der Waals surface area contributed by atoms with Crippen LogP contribution in [0.5, 0.6) is 0 Å². The molecule has 0 saturated heterocycles. The molecule has 2 rings (SSSR count). The van der Waals surface area contributed by atoms with Crippen molar-refractivity contribution in [3.63, 3.8) is 0 Å². The number of carbonyl (C=O) groups is 1. The van der Waals surface area contributed by atoms with Crippen LogP contribution in [0.1, 0.15) is 55.4 Å². The number of hydrogen-bond acceptors (Lipinski definition) is 3. The molecule has 0 saturated carbocycles. The Kier molecular flexibility index (Phi) is 3.86. The fourth-order valence-electron chi connectivity index (χ4n) is 1.66. The van der Waals surface area contributed by atoms with Crippen molar-refractivity contribution < 1.29 is 9.32 Å².